The van der Waals surface area contributed by atoms with Crippen LogP contribution < -0.4 is 0 Å². The molecule has 0 amide bonds. The molecule has 0 aliphatic rings. The molecule has 0 N–H and O–H groups in total. The summed E-state index contributed by atoms with van der Waals surface area (Å²) < 4.78 is 1.47. The van der Waals surface area contributed by atoms with Crippen LogP contribution in [0.25, 0.3) is 0 Å². The van der Waals surface area contributed by atoms with Gasteiger partial charge in [0.1, 0.15) is 6.07 Å². The quantitative estimate of drug-likeness (QED) is 0.573. The summed E-state index contributed by atoms with van der Waals surface area (Å²) in [5.41, 5.74) is 0.00621. The van der Waals surface area contributed by atoms with Crippen LogP contribution in [0, 0.1) is 21.4 Å². The molecule has 1 aromatic rings. The Morgan fingerprint density at radius 3 is 2.80 bits per heavy atom. The fraction of sp³-hybridized carbons (Fsp3) is 0.500. The highest BCUT2D eigenvalue weighted by Crippen LogP contribution is 2.20. The number of aromatic nitrogens is 2. The normalized spacial score (nSPS) is 9.93. The van der Waals surface area contributed by atoms with Crippen LogP contribution in [0.1, 0.15) is 18.4 Å². The van der Waals surface area contributed by atoms with Gasteiger partial charge in [-0.3, -0.25) is 4.57 Å². The summed E-state index contributed by atoms with van der Waals surface area (Å²) in [6.45, 7) is 1.99. The Kier molecular flexibility index (Phi) is 3.68. The van der Waals surface area contributed by atoms with E-state index in [1.807, 2.05) is 6.92 Å². The molecular weight excluding hydrogens is 216 g/mol. The Hall–Kier alpha value is -1.55. The number of thioether (sulfide) groups is 1. The highest BCUT2D eigenvalue weighted by molar-refractivity contribution is 7.98. The monoisotopic (exact) mass is 226 g/mol. The second-order valence-electron chi connectivity index (χ2n) is 2.77. The van der Waals surface area contributed by atoms with Crippen molar-refractivity contribution in [1.82, 2.24) is 9.55 Å². The van der Waals surface area contributed by atoms with Crippen molar-refractivity contribution >= 4 is 17.6 Å². The molecule has 7 heteroatoms. The van der Waals surface area contributed by atoms with Gasteiger partial charge in [-0.2, -0.15) is 17.0 Å². The minimum atomic E-state index is -0.626. The van der Waals surface area contributed by atoms with Gasteiger partial charge in [-0.25, -0.2) is 0 Å². The Morgan fingerprint density at radius 2 is 2.40 bits per heavy atom. The van der Waals surface area contributed by atoms with Crippen LogP contribution in [0.15, 0.2) is 0 Å². The summed E-state index contributed by atoms with van der Waals surface area (Å²) in [5.74, 6) is 1.69. The summed E-state index contributed by atoms with van der Waals surface area (Å²) in [5, 5.41) is 19.4. The van der Waals surface area contributed by atoms with E-state index < -0.39 is 4.92 Å². The molecule has 6 nitrogen and oxygen atoms in total. The van der Waals surface area contributed by atoms with E-state index >= 15 is 0 Å². The minimum Gasteiger partial charge on any atom is -0.358 e. The molecule has 0 atom stereocenters. The maximum absolute atomic E-state index is 10.6. The molecule has 1 aromatic heterocycles. The molecule has 0 spiro atoms. The van der Waals surface area contributed by atoms with Crippen LogP contribution in [0.5, 0.6) is 0 Å². The first-order valence-corrected chi connectivity index (χ1v) is 5.45. The molecular formula is C8H10N4O2S. The first kappa shape index (κ1) is 11.5. The summed E-state index contributed by atoms with van der Waals surface area (Å²) in [4.78, 5) is 13.8. The van der Waals surface area contributed by atoms with E-state index in [-0.39, 0.29) is 11.5 Å². The zero-order chi connectivity index (χ0) is 11.4. The Labute approximate surface area is 91.1 Å². The number of rotatable bonds is 4. The average Bonchev–Trinajstić information content (AvgIpc) is 2.52. The van der Waals surface area contributed by atoms with Crippen molar-refractivity contribution in [2.45, 2.75) is 12.7 Å². The van der Waals surface area contributed by atoms with Crippen molar-refractivity contribution in [3.63, 3.8) is 0 Å². The van der Waals surface area contributed by atoms with Gasteiger partial charge in [-0.15, -0.1) is 0 Å². The topological polar surface area (TPSA) is 84.8 Å². The van der Waals surface area contributed by atoms with E-state index in [2.05, 4.69) is 4.98 Å². The zero-order valence-electron chi connectivity index (χ0n) is 8.43. The third-order valence-corrected chi connectivity index (χ3v) is 2.75. The third-order valence-electron chi connectivity index (χ3n) is 1.88. The summed E-state index contributed by atoms with van der Waals surface area (Å²) >= 11 is 1.60. The van der Waals surface area contributed by atoms with Gasteiger partial charge in [-0.1, -0.05) is 6.92 Å². The second kappa shape index (κ2) is 4.79. The van der Waals surface area contributed by atoms with Crippen LogP contribution in [0.4, 0.5) is 5.82 Å². The standard InChI is InChI=1S/C8H10N4O2S/c1-3-15-5-7-10-8(12(13)14)6(4-9)11(7)2/h3,5H2,1-2H3. The largest absolute Gasteiger partial charge is 0.400 e. The fourth-order valence-electron chi connectivity index (χ4n) is 1.10. The molecule has 0 fully saturated rings. The van der Waals surface area contributed by atoms with Gasteiger partial charge >= 0.3 is 5.82 Å². The van der Waals surface area contributed by atoms with Crippen molar-refractivity contribution < 1.29 is 4.92 Å². The number of hydrogen-bond acceptors (Lipinski definition) is 5. The summed E-state index contributed by atoms with van der Waals surface area (Å²) in [6.07, 6.45) is 0. The molecule has 0 unspecified atom stereocenters. The smallest absolute Gasteiger partial charge is 0.358 e. The third kappa shape index (κ3) is 2.27. The SMILES string of the molecule is CCSCc1nc([N+](=O)[O-])c(C#N)n1C. The lowest BCUT2D eigenvalue weighted by molar-refractivity contribution is -0.389. The van der Waals surface area contributed by atoms with Crippen molar-refractivity contribution in [3.05, 3.63) is 21.6 Å². The predicted molar refractivity (Wildman–Crippen MR) is 56.4 cm³/mol. The summed E-state index contributed by atoms with van der Waals surface area (Å²) in [7, 11) is 1.62. The molecule has 0 radical (unpaired) electrons. The van der Waals surface area contributed by atoms with Crippen LogP contribution in [0.2, 0.25) is 0 Å². The molecule has 15 heavy (non-hydrogen) atoms. The van der Waals surface area contributed by atoms with Gasteiger partial charge in [-0.05, 0) is 15.7 Å². The second-order valence-corrected chi connectivity index (χ2v) is 4.04. The van der Waals surface area contributed by atoms with Crippen molar-refractivity contribution in [1.29, 1.82) is 5.26 Å². The Morgan fingerprint density at radius 1 is 1.73 bits per heavy atom. The number of nitro groups is 1. The number of hydrogen-bond donors (Lipinski definition) is 0. The molecule has 0 aliphatic heterocycles. The molecule has 1 heterocycles. The molecule has 0 saturated heterocycles. The average molecular weight is 226 g/mol. The zero-order valence-corrected chi connectivity index (χ0v) is 9.24. The highest BCUT2D eigenvalue weighted by atomic mass is 32.2. The first-order chi connectivity index (χ1) is 7.11. The van der Waals surface area contributed by atoms with E-state index in [4.69, 9.17) is 5.26 Å². The van der Waals surface area contributed by atoms with Crippen molar-refractivity contribution in [2.75, 3.05) is 5.75 Å². The van der Waals surface area contributed by atoms with E-state index in [9.17, 15) is 10.1 Å². The molecule has 0 saturated carbocycles. The van der Waals surface area contributed by atoms with Crippen LogP contribution in [-0.4, -0.2) is 20.2 Å². The van der Waals surface area contributed by atoms with Gasteiger partial charge in [0.05, 0.1) is 5.75 Å². The molecule has 1 rings (SSSR count). The predicted octanol–water partition coefficient (Wildman–Crippen LogP) is 1.45. The summed E-state index contributed by atoms with van der Waals surface area (Å²) in [6, 6.07) is 1.79. The minimum absolute atomic E-state index is 0.00621. The molecule has 80 valence electrons. The van der Waals surface area contributed by atoms with E-state index in [0.717, 1.165) is 5.75 Å². The van der Waals surface area contributed by atoms with Gasteiger partial charge in [0.25, 0.3) is 0 Å². The van der Waals surface area contributed by atoms with Crippen molar-refractivity contribution in [2.24, 2.45) is 7.05 Å². The lowest BCUT2D eigenvalue weighted by Gasteiger charge is -1.95. The molecule has 0 aliphatic carbocycles. The van der Waals surface area contributed by atoms with E-state index in [0.29, 0.717) is 11.6 Å². The van der Waals surface area contributed by atoms with E-state index in [1.165, 1.54) is 4.57 Å². The van der Waals surface area contributed by atoms with Gasteiger partial charge in [0.15, 0.2) is 0 Å². The van der Waals surface area contributed by atoms with Crippen molar-refractivity contribution in [3.8, 4) is 6.07 Å². The maximum atomic E-state index is 10.6. The lowest BCUT2D eigenvalue weighted by atomic mass is 10.5. The Balaban J connectivity index is 3.11. The van der Waals surface area contributed by atoms with Gasteiger partial charge in [0.2, 0.25) is 11.5 Å². The Bertz CT molecular complexity index is 421. The number of nitrogens with zero attached hydrogens (tertiary/aromatic N) is 4. The van der Waals surface area contributed by atoms with Crippen LogP contribution >= 0.6 is 11.8 Å². The highest BCUT2D eigenvalue weighted by Gasteiger charge is 2.25. The van der Waals surface area contributed by atoms with Gasteiger partial charge < -0.3 is 10.1 Å². The number of nitriles is 1. The fourth-order valence-corrected chi connectivity index (χ4v) is 1.75. The van der Waals surface area contributed by atoms with Crippen LogP contribution in [0.3, 0.4) is 0 Å². The molecule has 0 aromatic carbocycles. The number of imidazole rings is 1. The molecule has 0 bridgehead atoms. The maximum Gasteiger partial charge on any atom is 0.400 e. The van der Waals surface area contributed by atoms with E-state index in [1.54, 1.807) is 24.9 Å². The lowest BCUT2D eigenvalue weighted by Crippen LogP contribution is -1.98. The van der Waals surface area contributed by atoms with Gasteiger partial charge in [0, 0.05) is 7.05 Å². The first-order valence-electron chi connectivity index (χ1n) is 4.29. The van der Waals surface area contributed by atoms with Crippen LogP contribution in [-0.2, 0) is 12.8 Å².